The summed E-state index contributed by atoms with van der Waals surface area (Å²) in [5, 5.41) is -5.08. The van der Waals surface area contributed by atoms with Gasteiger partial charge in [0.1, 0.15) is 5.75 Å². The number of carbonyl (C=O) groups excluding carboxylic acids is 1. The molecule has 1 aliphatic rings. The average molecular weight is 552 g/mol. The predicted octanol–water partition coefficient (Wildman–Crippen LogP) is 5.17. The first-order valence-electron chi connectivity index (χ1n) is 11.4. The third-order valence-corrected chi connectivity index (χ3v) is 8.76. The standard InChI is InChI=1S/C26H24F2O7S2/c1-25(33-17-5-6-18-34-25)19-9-13-22(14-10-19)36(21-7-3-2-4-8-21)23-15-11-20(12-16-23)35-24(29)26(27,28)37(30,31)32/h2-4,7-16H,5-6,17-18H2,1H3/p+1. The van der Waals surface area contributed by atoms with Gasteiger partial charge in [-0.1, -0.05) is 18.2 Å². The normalized spacial score (nSPS) is 17.0. The van der Waals surface area contributed by atoms with Crippen LogP contribution in [0.1, 0.15) is 25.3 Å². The van der Waals surface area contributed by atoms with Gasteiger partial charge in [0, 0.05) is 5.56 Å². The number of esters is 1. The summed E-state index contributed by atoms with van der Waals surface area (Å²) in [6.45, 7) is 3.12. The van der Waals surface area contributed by atoms with Crippen molar-refractivity contribution in [1.82, 2.24) is 0 Å². The lowest BCUT2D eigenvalue weighted by Crippen LogP contribution is -2.40. The number of hydrogen-bond donors (Lipinski definition) is 1. The van der Waals surface area contributed by atoms with Gasteiger partial charge in [-0.15, -0.1) is 0 Å². The molecule has 1 heterocycles. The number of halogens is 2. The fourth-order valence-corrected chi connectivity index (χ4v) is 6.04. The zero-order chi connectivity index (χ0) is 26.7. The van der Waals surface area contributed by atoms with E-state index in [0.29, 0.717) is 13.2 Å². The molecule has 0 aromatic heterocycles. The van der Waals surface area contributed by atoms with Crippen LogP contribution in [0.25, 0.3) is 0 Å². The molecule has 196 valence electrons. The highest BCUT2D eigenvalue weighted by Crippen LogP contribution is 2.35. The summed E-state index contributed by atoms with van der Waals surface area (Å²) in [6.07, 6.45) is 1.87. The Morgan fingerprint density at radius 1 is 0.892 bits per heavy atom. The number of ether oxygens (including phenoxy) is 3. The molecular formula is C26H25F2O7S2+. The molecule has 0 amide bonds. The van der Waals surface area contributed by atoms with E-state index in [4.69, 9.17) is 14.0 Å². The van der Waals surface area contributed by atoms with Gasteiger partial charge in [-0.3, -0.25) is 4.55 Å². The van der Waals surface area contributed by atoms with Crippen LogP contribution in [0, 0.1) is 0 Å². The van der Waals surface area contributed by atoms with E-state index >= 15 is 0 Å². The molecule has 7 nitrogen and oxygen atoms in total. The molecule has 0 saturated carbocycles. The van der Waals surface area contributed by atoms with Gasteiger partial charge in [0.05, 0.1) is 24.1 Å². The van der Waals surface area contributed by atoms with E-state index in [9.17, 15) is 22.0 Å². The van der Waals surface area contributed by atoms with Crippen LogP contribution < -0.4 is 4.74 Å². The van der Waals surface area contributed by atoms with E-state index < -0.39 is 38.0 Å². The Kier molecular flexibility index (Phi) is 8.00. The third-order valence-electron chi connectivity index (χ3n) is 5.72. The maximum atomic E-state index is 13.5. The van der Waals surface area contributed by atoms with Crippen molar-refractivity contribution in [3.05, 3.63) is 84.4 Å². The number of carbonyl (C=O) groups is 1. The molecule has 3 aromatic carbocycles. The smallest absolute Gasteiger partial charge is 0.421 e. The Labute approximate surface area is 216 Å². The molecule has 1 N–H and O–H groups in total. The predicted molar refractivity (Wildman–Crippen MR) is 132 cm³/mol. The second-order valence-electron chi connectivity index (χ2n) is 8.35. The SMILES string of the molecule is CC1(c2ccc([S+](c3ccccc3)c3ccc(OC(=O)C(F)(F)S(=O)(=O)O)cc3)cc2)OCCCCO1. The van der Waals surface area contributed by atoms with Crippen molar-refractivity contribution in [2.75, 3.05) is 13.2 Å². The van der Waals surface area contributed by atoms with Crippen LogP contribution in [-0.2, 0) is 41.1 Å². The topological polar surface area (TPSA) is 99.1 Å². The summed E-state index contributed by atoms with van der Waals surface area (Å²) >= 11 is 0. The maximum Gasteiger partial charge on any atom is 0.466 e. The minimum absolute atomic E-state index is 0.292. The van der Waals surface area contributed by atoms with Crippen LogP contribution in [-0.4, -0.2) is 37.4 Å². The Hall–Kier alpha value is -2.83. The lowest BCUT2D eigenvalue weighted by atomic mass is 10.1. The highest BCUT2D eigenvalue weighted by Gasteiger charge is 2.54. The van der Waals surface area contributed by atoms with Crippen LogP contribution in [0.15, 0.2) is 93.5 Å². The molecular weight excluding hydrogens is 526 g/mol. The summed E-state index contributed by atoms with van der Waals surface area (Å²) in [6, 6.07) is 23.3. The summed E-state index contributed by atoms with van der Waals surface area (Å²) in [7, 11) is -6.56. The molecule has 0 radical (unpaired) electrons. The molecule has 1 saturated heterocycles. The summed E-state index contributed by atoms with van der Waals surface area (Å²) < 4.78 is 73.7. The Morgan fingerprint density at radius 3 is 1.89 bits per heavy atom. The second kappa shape index (κ2) is 10.9. The van der Waals surface area contributed by atoms with Gasteiger partial charge in [0.2, 0.25) is 0 Å². The van der Waals surface area contributed by atoms with Gasteiger partial charge in [0.15, 0.2) is 20.5 Å². The first-order chi connectivity index (χ1) is 17.5. The van der Waals surface area contributed by atoms with Crippen molar-refractivity contribution < 1.29 is 40.8 Å². The van der Waals surface area contributed by atoms with E-state index in [1.165, 1.54) is 12.1 Å². The van der Waals surface area contributed by atoms with Crippen molar-refractivity contribution in [2.24, 2.45) is 0 Å². The van der Waals surface area contributed by atoms with Crippen LogP contribution >= 0.6 is 0 Å². The molecule has 11 heteroatoms. The van der Waals surface area contributed by atoms with Crippen molar-refractivity contribution >= 4 is 27.0 Å². The lowest BCUT2D eigenvalue weighted by Gasteiger charge is -2.28. The first-order valence-corrected chi connectivity index (χ1v) is 14.0. The van der Waals surface area contributed by atoms with Gasteiger partial charge in [-0.2, -0.15) is 17.2 Å². The van der Waals surface area contributed by atoms with E-state index in [0.717, 1.165) is 33.1 Å². The third kappa shape index (κ3) is 6.02. The molecule has 0 aliphatic carbocycles. The summed E-state index contributed by atoms with van der Waals surface area (Å²) in [5.74, 6) is -3.52. The van der Waals surface area contributed by atoms with Gasteiger partial charge >= 0.3 is 21.3 Å². The van der Waals surface area contributed by atoms with E-state index in [-0.39, 0.29) is 5.75 Å². The molecule has 3 aromatic rings. The van der Waals surface area contributed by atoms with E-state index in [1.807, 2.05) is 61.5 Å². The van der Waals surface area contributed by atoms with Gasteiger partial charge in [-0.25, -0.2) is 4.79 Å². The Morgan fingerprint density at radius 2 is 1.38 bits per heavy atom. The van der Waals surface area contributed by atoms with Crippen molar-refractivity contribution in [3.8, 4) is 5.75 Å². The van der Waals surface area contributed by atoms with Gasteiger partial charge in [0.25, 0.3) is 0 Å². The Bertz CT molecular complexity index is 1320. The quantitative estimate of drug-likeness (QED) is 0.187. The molecule has 1 aliphatic heterocycles. The van der Waals surface area contributed by atoms with Crippen molar-refractivity contribution in [1.29, 1.82) is 0 Å². The van der Waals surface area contributed by atoms with Crippen LogP contribution in [0.3, 0.4) is 0 Å². The zero-order valence-electron chi connectivity index (χ0n) is 19.8. The second-order valence-corrected chi connectivity index (χ2v) is 11.8. The summed E-state index contributed by atoms with van der Waals surface area (Å²) in [4.78, 5) is 14.4. The molecule has 0 spiro atoms. The Balaban J connectivity index is 1.62. The van der Waals surface area contributed by atoms with E-state index in [2.05, 4.69) is 4.74 Å². The molecule has 37 heavy (non-hydrogen) atoms. The van der Waals surface area contributed by atoms with Gasteiger partial charge in [-0.05, 0) is 80.4 Å². The minimum Gasteiger partial charge on any atom is -0.421 e. The highest BCUT2D eigenvalue weighted by atomic mass is 32.2. The zero-order valence-corrected chi connectivity index (χ0v) is 21.4. The maximum absolute atomic E-state index is 13.5. The number of benzene rings is 3. The van der Waals surface area contributed by atoms with E-state index in [1.54, 1.807) is 12.1 Å². The summed E-state index contributed by atoms with van der Waals surface area (Å²) in [5.41, 5.74) is 0.886. The van der Waals surface area contributed by atoms with Crippen molar-refractivity contribution in [3.63, 3.8) is 0 Å². The number of rotatable bonds is 7. The average Bonchev–Trinajstić information content (AvgIpc) is 3.11. The molecule has 1 atom stereocenters. The fourth-order valence-electron chi connectivity index (χ4n) is 3.72. The largest absolute Gasteiger partial charge is 0.466 e. The van der Waals surface area contributed by atoms with Crippen LogP contribution in [0.2, 0.25) is 0 Å². The lowest BCUT2D eigenvalue weighted by molar-refractivity contribution is -0.221. The number of alkyl halides is 2. The number of hydrogen-bond acceptors (Lipinski definition) is 6. The molecule has 0 bridgehead atoms. The minimum atomic E-state index is -5.96. The van der Waals surface area contributed by atoms with Crippen LogP contribution in [0.5, 0.6) is 5.75 Å². The first kappa shape index (κ1) is 27.2. The molecule has 1 unspecified atom stereocenters. The molecule has 1 fully saturated rings. The van der Waals surface area contributed by atoms with Gasteiger partial charge < -0.3 is 14.2 Å². The molecule has 4 rings (SSSR count). The van der Waals surface area contributed by atoms with Crippen molar-refractivity contribution in [2.45, 2.75) is 45.5 Å². The monoisotopic (exact) mass is 551 g/mol. The highest BCUT2D eigenvalue weighted by molar-refractivity contribution is 7.97. The van der Waals surface area contributed by atoms with Crippen LogP contribution in [0.4, 0.5) is 8.78 Å². The fraction of sp³-hybridized carbons (Fsp3) is 0.269.